The van der Waals surface area contributed by atoms with Crippen molar-refractivity contribution in [1.29, 1.82) is 10.5 Å². The largest absolute Gasteiger partial charge is 0.393 e. The van der Waals surface area contributed by atoms with Gasteiger partial charge in [-0.3, -0.25) is 0 Å². The predicted octanol–water partition coefficient (Wildman–Crippen LogP) is 2.12. The third-order valence-electron chi connectivity index (χ3n) is 3.66. The van der Waals surface area contributed by atoms with Crippen molar-refractivity contribution in [3.05, 3.63) is 0 Å². The molecule has 100 valence electrons. The molecule has 0 radical (unpaired) electrons. The Hall–Kier alpha value is -1.10. The zero-order chi connectivity index (χ0) is 13.4. The van der Waals surface area contributed by atoms with E-state index in [0.717, 1.165) is 38.5 Å². The number of aliphatic hydroxyl groups excluding tert-OH is 2. The Balaban J connectivity index is 0.000000180. The van der Waals surface area contributed by atoms with Crippen LogP contribution in [0.1, 0.15) is 51.4 Å². The predicted molar refractivity (Wildman–Crippen MR) is 67.2 cm³/mol. The summed E-state index contributed by atoms with van der Waals surface area (Å²) in [6.07, 6.45) is 6.73. The maximum Gasteiger partial charge on any atom is 0.0656 e. The second-order valence-electron chi connectivity index (χ2n) is 5.29. The van der Waals surface area contributed by atoms with Crippen LogP contribution < -0.4 is 0 Å². The fourth-order valence-corrected chi connectivity index (χ4v) is 2.56. The van der Waals surface area contributed by atoms with Crippen molar-refractivity contribution in [3.8, 4) is 12.1 Å². The number of nitrogens with zero attached hydrogens (tertiary/aromatic N) is 2. The minimum Gasteiger partial charge on any atom is -0.393 e. The van der Waals surface area contributed by atoms with Crippen LogP contribution in [0.4, 0.5) is 0 Å². The van der Waals surface area contributed by atoms with E-state index in [9.17, 15) is 0 Å². The highest BCUT2D eigenvalue weighted by atomic mass is 16.3. The zero-order valence-electron chi connectivity index (χ0n) is 10.8. The molecule has 4 atom stereocenters. The maximum absolute atomic E-state index is 9.06. The van der Waals surface area contributed by atoms with Crippen LogP contribution in [-0.2, 0) is 0 Å². The van der Waals surface area contributed by atoms with Gasteiger partial charge in [0.2, 0.25) is 0 Å². The highest BCUT2D eigenvalue weighted by Crippen LogP contribution is 2.23. The lowest BCUT2D eigenvalue weighted by molar-refractivity contribution is 0.114. The van der Waals surface area contributed by atoms with E-state index >= 15 is 0 Å². The molecular formula is C14H22N2O2. The molecule has 0 amide bonds. The van der Waals surface area contributed by atoms with Gasteiger partial charge in [0.1, 0.15) is 0 Å². The van der Waals surface area contributed by atoms with Gasteiger partial charge in [-0.2, -0.15) is 10.5 Å². The summed E-state index contributed by atoms with van der Waals surface area (Å²) in [7, 11) is 0. The van der Waals surface area contributed by atoms with Crippen LogP contribution in [0.5, 0.6) is 0 Å². The summed E-state index contributed by atoms with van der Waals surface area (Å²) in [5.41, 5.74) is 0. The minimum atomic E-state index is -0.205. The minimum absolute atomic E-state index is 0.119. The van der Waals surface area contributed by atoms with Gasteiger partial charge in [-0.1, -0.05) is 0 Å². The zero-order valence-corrected chi connectivity index (χ0v) is 10.8. The first kappa shape index (κ1) is 15.0. The van der Waals surface area contributed by atoms with E-state index < -0.39 is 0 Å². The molecule has 0 aliphatic heterocycles. The van der Waals surface area contributed by atoms with E-state index in [4.69, 9.17) is 20.7 Å². The standard InChI is InChI=1S/2C7H11NO/c2*8-5-6-2-1-3-7(9)4-6/h2*6-7,9H,1-4H2. The molecule has 0 heterocycles. The fourth-order valence-electron chi connectivity index (χ4n) is 2.56. The summed E-state index contributed by atoms with van der Waals surface area (Å²) in [6, 6.07) is 4.35. The number of hydrogen-bond donors (Lipinski definition) is 2. The molecule has 18 heavy (non-hydrogen) atoms. The Morgan fingerprint density at radius 2 is 1.11 bits per heavy atom. The van der Waals surface area contributed by atoms with E-state index in [1.165, 1.54) is 0 Å². The Kier molecular flexibility index (Phi) is 6.72. The van der Waals surface area contributed by atoms with E-state index in [0.29, 0.717) is 12.8 Å². The summed E-state index contributed by atoms with van der Waals surface area (Å²) < 4.78 is 0. The van der Waals surface area contributed by atoms with Crippen molar-refractivity contribution in [3.63, 3.8) is 0 Å². The normalized spacial score (nSPS) is 35.6. The SMILES string of the molecule is N#CC1CCCC(O)C1.N#CC1CCCC(O)C1. The summed E-state index contributed by atoms with van der Waals surface area (Å²) in [5, 5.41) is 35.0. The molecule has 0 aromatic carbocycles. The van der Waals surface area contributed by atoms with Crippen molar-refractivity contribution in [2.45, 2.75) is 63.6 Å². The number of hydrogen-bond acceptors (Lipinski definition) is 4. The molecule has 0 aromatic heterocycles. The molecule has 2 rings (SSSR count). The first-order chi connectivity index (χ1) is 8.65. The van der Waals surface area contributed by atoms with Crippen molar-refractivity contribution in [1.82, 2.24) is 0 Å². The van der Waals surface area contributed by atoms with Crippen molar-refractivity contribution < 1.29 is 10.2 Å². The summed E-state index contributed by atoms with van der Waals surface area (Å²) in [4.78, 5) is 0. The first-order valence-electron chi connectivity index (χ1n) is 6.81. The highest BCUT2D eigenvalue weighted by molar-refractivity contribution is 4.88. The molecule has 2 aliphatic rings. The monoisotopic (exact) mass is 250 g/mol. The van der Waals surface area contributed by atoms with E-state index in [-0.39, 0.29) is 24.0 Å². The Morgan fingerprint density at radius 3 is 1.33 bits per heavy atom. The van der Waals surface area contributed by atoms with Crippen LogP contribution in [0.25, 0.3) is 0 Å². The molecule has 4 heteroatoms. The smallest absolute Gasteiger partial charge is 0.0656 e. The van der Waals surface area contributed by atoms with Crippen LogP contribution in [0.15, 0.2) is 0 Å². The Morgan fingerprint density at radius 1 is 0.722 bits per heavy atom. The third kappa shape index (κ3) is 5.49. The molecule has 0 spiro atoms. The molecular weight excluding hydrogens is 228 g/mol. The van der Waals surface area contributed by atoms with Gasteiger partial charge in [0.15, 0.2) is 0 Å². The molecule has 2 N–H and O–H groups in total. The van der Waals surface area contributed by atoms with Crippen LogP contribution in [0.3, 0.4) is 0 Å². The third-order valence-corrected chi connectivity index (χ3v) is 3.66. The van der Waals surface area contributed by atoms with Crippen LogP contribution in [-0.4, -0.2) is 22.4 Å². The number of aliphatic hydroxyl groups is 2. The summed E-state index contributed by atoms with van der Waals surface area (Å²) in [5.74, 6) is 0.238. The van der Waals surface area contributed by atoms with Crippen molar-refractivity contribution in [2.24, 2.45) is 11.8 Å². The maximum atomic E-state index is 9.06. The Labute approximate surface area is 109 Å². The number of rotatable bonds is 0. The van der Waals surface area contributed by atoms with E-state index in [1.54, 1.807) is 0 Å². The second kappa shape index (κ2) is 8.08. The molecule has 4 nitrogen and oxygen atoms in total. The molecule has 0 bridgehead atoms. The van der Waals surface area contributed by atoms with Gasteiger partial charge in [-0.05, 0) is 51.4 Å². The first-order valence-corrected chi connectivity index (χ1v) is 6.81. The lowest BCUT2D eigenvalue weighted by Gasteiger charge is -2.19. The van der Waals surface area contributed by atoms with Gasteiger partial charge in [-0.15, -0.1) is 0 Å². The molecule has 2 aliphatic carbocycles. The molecule has 2 saturated carbocycles. The van der Waals surface area contributed by atoms with E-state index in [2.05, 4.69) is 12.1 Å². The molecule has 0 aromatic rings. The van der Waals surface area contributed by atoms with Gasteiger partial charge in [0.05, 0.1) is 24.3 Å². The Bertz CT molecular complexity index is 287. The second-order valence-corrected chi connectivity index (χ2v) is 5.29. The van der Waals surface area contributed by atoms with Crippen molar-refractivity contribution >= 4 is 0 Å². The lowest BCUT2D eigenvalue weighted by atomic mass is 9.88. The van der Waals surface area contributed by atoms with Crippen molar-refractivity contribution in [2.75, 3.05) is 0 Å². The van der Waals surface area contributed by atoms with Gasteiger partial charge in [0, 0.05) is 11.8 Å². The average molecular weight is 250 g/mol. The van der Waals surface area contributed by atoms with Gasteiger partial charge >= 0.3 is 0 Å². The molecule has 4 unspecified atom stereocenters. The summed E-state index contributed by atoms with van der Waals surface area (Å²) >= 11 is 0. The topological polar surface area (TPSA) is 88.0 Å². The van der Waals surface area contributed by atoms with E-state index in [1.807, 2.05) is 0 Å². The summed E-state index contributed by atoms with van der Waals surface area (Å²) in [6.45, 7) is 0. The van der Waals surface area contributed by atoms with Gasteiger partial charge < -0.3 is 10.2 Å². The van der Waals surface area contributed by atoms with Gasteiger partial charge in [-0.25, -0.2) is 0 Å². The quantitative estimate of drug-likeness (QED) is 0.689. The number of nitriles is 2. The molecule has 0 saturated heterocycles. The highest BCUT2D eigenvalue weighted by Gasteiger charge is 2.19. The molecule has 2 fully saturated rings. The fraction of sp³-hybridized carbons (Fsp3) is 0.857. The van der Waals surface area contributed by atoms with Crippen LogP contribution in [0, 0.1) is 34.5 Å². The average Bonchev–Trinajstić information content (AvgIpc) is 2.39. The van der Waals surface area contributed by atoms with Gasteiger partial charge in [0.25, 0.3) is 0 Å². The van der Waals surface area contributed by atoms with Crippen LogP contribution in [0.2, 0.25) is 0 Å². The lowest BCUT2D eigenvalue weighted by Crippen LogP contribution is -2.17. The van der Waals surface area contributed by atoms with Crippen LogP contribution >= 0.6 is 0 Å².